The summed E-state index contributed by atoms with van der Waals surface area (Å²) in [6.07, 6.45) is 4.10. The Morgan fingerprint density at radius 1 is 1.73 bits per heavy atom. The molecule has 0 heterocycles. The Balaban J connectivity index is 2.72. The Hall–Kier alpha value is -0.810. The fourth-order valence-electron chi connectivity index (χ4n) is 1.32. The molecule has 0 aliphatic heterocycles. The van der Waals surface area contributed by atoms with Crippen LogP contribution in [0, 0.1) is 22.7 Å². The minimum absolute atomic E-state index is 0.0254. The average Bonchev–Trinajstić information content (AvgIpc) is 2.00. The molecule has 1 aliphatic carbocycles. The molecule has 11 heavy (non-hydrogen) atoms. The number of hydrogen-bond donors (Lipinski definition) is 0. The van der Waals surface area contributed by atoms with Crippen LogP contribution in [0.2, 0.25) is 0 Å². The Kier molecular flexibility index (Phi) is 2.01. The first-order valence-corrected chi connectivity index (χ1v) is 3.77. The van der Waals surface area contributed by atoms with Crippen LogP contribution in [0.15, 0.2) is 12.2 Å². The summed E-state index contributed by atoms with van der Waals surface area (Å²) in [7, 11) is 1.68. The van der Waals surface area contributed by atoms with Gasteiger partial charge >= 0.3 is 0 Å². The number of rotatable bonds is 2. The zero-order valence-electron chi connectivity index (χ0n) is 7.16. The van der Waals surface area contributed by atoms with Gasteiger partial charge in [0.15, 0.2) is 0 Å². The fraction of sp³-hybridized carbons (Fsp3) is 0.667. The molecule has 0 aromatic heterocycles. The van der Waals surface area contributed by atoms with E-state index in [4.69, 9.17) is 10.00 Å². The molecule has 1 unspecified atom stereocenters. The van der Waals surface area contributed by atoms with Crippen LogP contribution in [0.25, 0.3) is 0 Å². The molecule has 0 aromatic rings. The normalized spacial score (nSPS) is 37.5. The predicted molar refractivity (Wildman–Crippen MR) is 42.8 cm³/mol. The van der Waals surface area contributed by atoms with Crippen molar-refractivity contribution in [1.29, 1.82) is 5.26 Å². The topological polar surface area (TPSA) is 33.0 Å². The second-order valence-electron chi connectivity index (χ2n) is 3.21. The van der Waals surface area contributed by atoms with Crippen molar-refractivity contribution in [2.75, 3.05) is 7.11 Å². The third-order valence-electron chi connectivity index (χ3n) is 2.69. The molecule has 0 saturated carbocycles. The quantitative estimate of drug-likeness (QED) is 0.563. The number of hydrogen-bond acceptors (Lipinski definition) is 2. The molecule has 0 N–H and O–H groups in total. The summed E-state index contributed by atoms with van der Waals surface area (Å²) in [5, 5.41) is 8.71. The third kappa shape index (κ3) is 1.06. The monoisotopic (exact) mass is 151 g/mol. The van der Waals surface area contributed by atoms with Gasteiger partial charge in [-0.25, -0.2) is 0 Å². The lowest BCUT2D eigenvalue weighted by atomic mass is 9.66. The van der Waals surface area contributed by atoms with E-state index in [-0.39, 0.29) is 17.4 Å². The SMILES string of the molecule is CO[C@H](C)[C@@]1(C)C=CC1C#N. The molecular formula is C9H13NO. The summed E-state index contributed by atoms with van der Waals surface area (Å²) in [5.41, 5.74) is -0.0660. The number of nitrogens with zero attached hydrogens (tertiary/aromatic N) is 1. The molecule has 0 radical (unpaired) electrons. The molecule has 0 aromatic carbocycles. The summed E-state index contributed by atoms with van der Waals surface area (Å²) < 4.78 is 5.19. The Morgan fingerprint density at radius 2 is 2.36 bits per heavy atom. The highest BCUT2D eigenvalue weighted by atomic mass is 16.5. The van der Waals surface area contributed by atoms with Crippen LogP contribution in [0.5, 0.6) is 0 Å². The maximum atomic E-state index is 8.71. The van der Waals surface area contributed by atoms with Gasteiger partial charge in [-0.05, 0) is 6.92 Å². The van der Waals surface area contributed by atoms with Crippen LogP contribution in [0.1, 0.15) is 13.8 Å². The molecular weight excluding hydrogens is 138 g/mol. The van der Waals surface area contributed by atoms with Gasteiger partial charge in [-0.3, -0.25) is 0 Å². The lowest BCUT2D eigenvalue weighted by Crippen LogP contribution is -2.40. The largest absolute Gasteiger partial charge is 0.381 e. The highest BCUT2D eigenvalue weighted by Crippen LogP contribution is 2.42. The molecule has 0 fully saturated rings. The number of nitriles is 1. The number of ether oxygens (including phenoxy) is 1. The second kappa shape index (κ2) is 2.67. The lowest BCUT2D eigenvalue weighted by Gasteiger charge is -2.40. The summed E-state index contributed by atoms with van der Waals surface area (Å²) in [5.74, 6) is 0.0254. The summed E-state index contributed by atoms with van der Waals surface area (Å²) >= 11 is 0. The maximum Gasteiger partial charge on any atom is 0.0756 e. The van der Waals surface area contributed by atoms with E-state index in [9.17, 15) is 0 Å². The third-order valence-corrected chi connectivity index (χ3v) is 2.69. The van der Waals surface area contributed by atoms with Gasteiger partial charge in [0.1, 0.15) is 0 Å². The van der Waals surface area contributed by atoms with Gasteiger partial charge in [0, 0.05) is 12.5 Å². The van der Waals surface area contributed by atoms with E-state index in [1.807, 2.05) is 13.0 Å². The average molecular weight is 151 g/mol. The summed E-state index contributed by atoms with van der Waals surface area (Å²) in [6.45, 7) is 4.04. The summed E-state index contributed by atoms with van der Waals surface area (Å²) in [4.78, 5) is 0. The van der Waals surface area contributed by atoms with E-state index < -0.39 is 0 Å². The van der Waals surface area contributed by atoms with Crippen LogP contribution in [0.3, 0.4) is 0 Å². The standard InChI is InChI=1S/C9H13NO/c1-7(11-3)9(2)5-4-8(9)6-10/h4-5,7-8H,1-3H3/t7-,8?,9-/m1/s1. The fourth-order valence-corrected chi connectivity index (χ4v) is 1.32. The predicted octanol–water partition coefficient (Wildman–Crippen LogP) is 1.74. The molecule has 3 atom stereocenters. The molecule has 0 spiro atoms. The van der Waals surface area contributed by atoms with Crippen LogP contribution in [-0.2, 0) is 4.74 Å². The van der Waals surface area contributed by atoms with Crippen molar-refractivity contribution in [1.82, 2.24) is 0 Å². The van der Waals surface area contributed by atoms with E-state index in [2.05, 4.69) is 19.1 Å². The van der Waals surface area contributed by atoms with E-state index in [0.717, 1.165) is 0 Å². The zero-order chi connectivity index (χ0) is 8.48. The molecule has 1 rings (SSSR count). The van der Waals surface area contributed by atoms with Gasteiger partial charge in [0.2, 0.25) is 0 Å². The first-order chi connectivity index (χ1) is 5.15. The summed E-state index contributed by atoms with van der Waals surface area (Å²) in [6, 6.07) is 2.24. The van der Waals surface area contributed by atoms with Crippen LogP contribution >= 0.6 is 0 Å². The van der Waals surface area contributed by atoms with Crippen molar-refractivity contribution >= 4 is 0 Å². The van der Waals surface area contributed by atoms with Crippen LogP contribution in [-0.4, -0.2) is 13.2 Å². The van der Waals surface area contributed by atoms with Gasteiger partial charge < -0.3 is 4.74 Å². The van der Waals surface area contributed by atoms with Crippen molar-refractivity contribution in [3.05, 3.63) is 12.2 Å². The Morgan fingerprint density at radius 3 is 2.64 bits per heavy atom. The van der Waals surface area contributed by atoms with Gasteiger partial charge in [-0.1, -0.05) is 19.1 Å². The Labute approximate surface area is 67.5 Å². The maximum absolute atomic E-state index is 8.71. The van der Waals surface area contributed by atoms with Crippen molar-refractivity contribution in [2.24, 2.45) is 11.3 Å². The molecule has 2 nitrogen and oxygen atoms in total. The van der Waals surface area contributed by atoms with Crippen molar-refractivity contribution in [2.45, 2.75) is 20.0 Å². The van der Waals surface area contributed by atoms with Gasteiger partial charge in [-0.2, -0.15) is 5.26 Å². The van der Waals surface area contributed by atoms with E-state index in [0.29, 0.717) is 0 Å². The van der Waals surface area contributed by atoms with E-state index >= 15 is 0 Å². The smallest absolute Gasteiger partial charge is 0.0756 e. The second-order valence-corrected chi connectivity index (χ2v) is 3.21. The minimum Gasteiger partial charge on any atom is -0.381 e. The molecule has 0 bridgehead atoms. The molecule has 60 valence electrons. The van der Waals surface area contributed by atoms with Crippen molar-refractivity contribution < 1.29 is 4.74 Å². The van der Waals surface area contributed by atoms with E-state index in [1.165, 1.54) is 0 Å². The minimum atomic E-state index is -0.0660. The van der Waals surface area contributed by atoms with Gasteiger partial charge in [-0.15, -0.1) is 0 Å². The van der Waals surface area contributed by atoms with Crippen LogP contribution in [0.4, 0.5) is 0 Å². The lowest BCUT2D eigenvalue weighted by molar-refractivity contribution is 0.0148. The molecule has 2 heteroatoms. The van der Waals surface area contributed by atoms with Crippen molar-refractivity contribution in [3.63, 3.8) is 0 Å². The first-order valence-electron chi connectivity index (χ1n) is 3.77. The Bertz CT molecular complexity index is 216. The molecule has 1 aliphatic rings. The van der Waals surface area contributed by atoms with E-state index in [1.54, 1.807) is 7.11 Å². The van der Waals surface area contributed by atoms with Gasteiger partial charge in [0.25, 0.3) is 0 Å². The van der Waals surface area contributed by atoms with Crippen molar-refractivity contribution in [3.8, 4) is 6.07 Å². The van der Waals surface area contributed by atoms with Crippen LogP contribution < -0.4 is 0 Å². The first kappa shape index (κ1) is 8.29. The number of allylic oxidation sites excluding steroid dienone is 1. The van der Waals surface area contributed by atoms with Gasteiger partial charge in [0.05, 0.1) is 18.1 Å². The highest BCUT2D eigenvalue weighted by Gasteiger charge is 2.42. The molecule has 0 amide bonds. The highest BCUT2D eigenvalue weighted by molar-refractivity contribution is 5.25. The zero-order valence-corrected chi connectivity index (χ0v) is 7.16. The molecule has 0 saturated heterocycles. The number of methoxy groups -OCH3 is 1.